The number of anilines is 1. The standard InChI is InChI=1S/C28H32N4O3/c1-32(27(34)28(15-3-4-16-28)22-9-11-24(35-2)12-10-22)19-25(29)20-5-7-21(8-6-20)26(33)31-23-13-17-30-18-14-23/h5-14,17-18,25H,3-4,15-16,19,29H2,1-2H3,(H,30,31,33). The minimum absolute atomic E-state index is 0.101. The van der Waals surface area contributed by atoms with Crippen LogP contribution in [0, 0.1) is 0 Å². The Kier molecular flexibility index (Phi) is 7.46. The lowest BCUT2D eigenvalue weighted by Gasteiger charge is -2.34. The number of carbonyl (C=O) groups excluding carboxylic acids is 2. The molecule has 1 heterocycles. The quantitative estimate of drug-likeness (QED) is 0.509. The van der Waals surface area contributed by atoms with Gasteiger partial charge in [0.2, 0.25) is 5.91 Å². The van der Waals surface area contributed by atoms with Crippen LogP contribution in [0.25, 0.3) is 0 Å². The molecule has 1 atom stereocenters. The molecule has 35 heavy (non-hydrogen) atoms. The Balaban J connectivity index is 1.42. The van der Waals surface area contributed by atoms with Crippen molar-refractivity contribution in [1.82, 2.24) is 9.88 Å². The first kappa shape index (κ1) is 24.4. The third kappa shape index (κ3) is 5.35. The Bertz CT molecular complexity index is 1140. The monoisotopic (exact) mass is 472 g/mol. The van der Waals surface area contributed by atoms with Gasteiger partial charge >= 0.3 is 0 Å². The van der Waals surface area contributed by atoms with Gasteiger partial charge in [-0.3, -0.25) is 14.6 Å². The number of ether oxygens (including phenoxy) is 1. The summed E-state index contributed by atoms with van der Waals surface area (Å²) < 4.78 is 5.29. The van der Waals surface area contributed by atoms with Gasteiger partial charge in [-0.2, -0.15) is 0 Å². The summed E-state index contributed by atoms with van der Waals surface area (Å²) in [5.41, 5.74) is 9.09. The number of nitrogens with two attached hydrogens (primary N) is 1. The molecular formula is C28H32N4O3. The van der Waals surface area contributed by atoms with Crippen LogP contribution in [-0.2, 0) is 10.2 Å². The highest BCUT2D eigenvalue weighted by Gasteiger charge is 2.44. The van der Waals surface area contributed by atoms with E-state index in [-0.39, 0.29) is 17.9 Å². The number of carbonyl (C=O) groups is 2. The van der Waals surface area contributed by atoms with E-state index in [9.17, 15) is 9.59 Å². The maximum absolute atomic E-state index is 13.7. The van der Waals surface area contributed by atoms with Gasteiger partial charge in [0.05, 0.1) is 12.5 Å². The van der Waals surface area contributed by atoms with Gasteiger partial charge in [0, 0.05) is 43.3 Å². The van der Waals surface area contributed by atoms with E-state index in [4.69, 9.17) is 10.5 Å². The fourth-order valence-electron chi connectivity index (χ4n) is 4.88. The van der Waals surface area contributed by atoms with Crippen LogP contribution in [0.4, 0.5) is 5.69 Å². The van der Waals surface area contributed by atoms with Crippen molar-refractivity contribution in [2.45, 2.75) is 37.1 Å². The number of likely N-dealkylation sites (N-methyl/N-ethyl adjacent to an activating group) is 1. The molecule has 2 aromatic carbocycles. The van der Waals surface area contributed by atoms with Crippen LogP contribution >= 0.6 is 0 Å². The Labute approximate surface area is 206 Å². The number of rotatable bonds is 8. The highest BCUT2D eigenvalue weighted by Crippen LogP contribution is 2.43. The van der Waals surface area contributed by atoms with Crippen molar-refractivity contribution in [2.75, 3.05) is 26.0 Å². The van der Waals surface area contributed by atoms with Gasteiger partial charge in [-0.05, 0) is 60.4 Å². The molecule has 0 radical (unpaired) electrons. The summed E-state index contributed by atoms with van der Waals surface area (Å²) in [7, 11) is 3.46. The van der Waals surface area contributed by atoms with Crippen LogP contribution in [0.2, 0.25) is 0 Å². The highest BCUT2D eigenvalue weighted by molar-refractivity contribution is 6.04. The lowest BCUT2D eigenvalue weighted by atomic mass is 9.77. The van der Waals surface area contributed by atoms with Crippen LogP contribution in [-0.4, -0.2) is 42.4 Å². The van der Waals surface area contributed by atoms with Gasteiger partial charge in [0.15, 0.2) is 0 Å². The number of pyridine rings is 1. The second-order valence-corrected chi connectivity index (χ2v) is 9.12. The molecule has 0 bridgehead atoms. The molecule has 1 unspecified atom stereocenters. The first-order valence-corrected chi connectivity index (χ1v) is 11.9. The molecule has 1 aromatic heterocycles. The number of methoxy groups -OCH3 is 1. The van der Waals surface area contributed by atoms with E-state index >= 15 is 0 Å². The molecule has 182 valence electrons. The number of aromatic nitrogens is 1. The Hall–Kier alpha value is -3.71. The molecule has 1 aliphatic carbocycles. The molecule has 1 aliphatic rings. The average Bonchev–Trinajstić information content (AvgIpc) is 3.40. The molecule has 3 aromatic rings. The highest BCUT2D eigenvalue weighted by atomic mass is 16.5. The lowest BCUT2D eigenvalue weighted by Crippen LogP contribution is -2.45. The van der Waals surface area contributed by atoms with Gasteiger partial charge in [0.25, 0.3) is 5.91 Å². The zero-order valence-electron chi connectivity index (χ0n) is 20.2. The van der Waals surface area contributed by atoms with Gasteiger partial charge in [-0.15, -0.1) is 0 Å². The van der Waals surface area contributed by atoms with Crippen molar-refractivity contribution in [3.05, 3.63) is 89.7 Å². The summed E-state index contributed by atoms with van der Waals surface area (Å²) in [6.07, 6.45) is 6.97. The smallest absolute Gasteiger partial charge is 0.255 e. The van der Waals surface area contributed by atoms with E-state index in [2.05, 4.69) is 10.3 Å². The summed E-state index contributed by atoms with van der Waals surface area (Å²) in [6.45, 7) is 0.388. The molecule has 2 amide bonds. The molecule has 4 rings (SSSR count). The normalized spacial score (nSPS) is 15.3. The number of nitrogens with zero attached hydrogens (tertiary/aromatic N) is 2. The summed E-state index contributed by atoms with van der Waals surface area (Å²) in [5.74, 6) is 0.679. The van der Waals surface area contributed by atoms with Gasteiger partial charge in [-0.1, -0.05) is 37.1 Å². The molecule has 7 nitrogen and oxygen atoms in total. The molecular weight excluding hydrogens is 440 g/mol. The zero-order valence-corrected chi connectivity index (χ0v) is 20.2. The van der Waals surface area contributed by atoms with E-state index in [1.54, 1.807) is 48.7 Å². The van der Waals surface area contributed by atoms with Gasteiger partial charge in [-0.25, -0.2) is 0 Å². The second kappa shape index (κ2) is 10.7. The topological polar surface area (TPSA) is 97.5 Å². The molecule has 0 saturated heterocycles. The van der Waals surface area contributed by atoms with Crippen LogP contribution in [0.3, 0.4) is 0 Å². The zero-order chi connectivity index (χ0) is 24.8. The Morgan fingerprint density at radius 2 is 1.66 bits per heavy atom. The average molecular weight is 473 g/mol. The second-order valence-electron chi connectivity index (χ2n) is 9.12. The van der Waals surface area contributed by atoms with E-state index < -0.39 is 5.41 Å². The van der Waals surface area contributed by atoms with E-state index in [0.29, 0.717) is 17.8 Å². The first-order valence-electron chi connectivity index (χ1n) is 11.9. The van der Waals surface area contributed by atoms with Crippen molar-refractivity contribution in [1.29, 1.82) is 0 Å². The fourth-order valence-corrected chi connectivity index (χ4v) is 4.88. The van der Waals surface area contributed by atoms with Crippen molar-refractivity contribution >= 4 is 17.5 Å². The Morgan fingerprint density at radius 3 is 2.26 bits per heavy atom. The maximum Gasteiger partial charge on any atom is 0.255 e. The Morgan fingerprint density at radius 1 is 1.03 bits per heavy atom. The number of amides is 2. The largest absolute Gasteiger partial charge is 0.497 e. The predicted molar refractivity (Wildman–Crippen MR) is 136 cm³/mol. The minimum atomic E-state index is -0.518. The molecule has 0 aliphatic heterocycles. The SMILES string of the molecule is COc1ccc(C2(C(=O)N(C)CC(N)c3ccc(C(=O)Nc4ccncc4)cc3)CCCC2)cc1. The van der Waals surface area contributed by atoms with Crippen LogP contribution in [0.5, 0.6) is 5.75 Å². The summed E-state index contributed by atoms with van der Waals surface area (Å²) in [5, 5.41) is 2.84. The van der Waals surface area contributed by atoms with Crippen LogP contribution in [0.1, 0.15) is 53.2 Å². The predicted octanol–water partition coefficient (Wildman–Crippen LogP) is 4.31. The van der Waals surface area contributed by atoms with Crippen molar-refractivity contribution in [3.63, 3.8) is 0 Å². The van der Waals surface area contributed by atoms with Crippen LogP contribution < -0.4 is 15.8 Å². The lowest BCUT2D eigenvalue weighted by molar-refractivity contribution is -0.136. The van der Waals surface area contributed by atoms with Gasteiger partial charge in [0.1, 0.15) is 5.75 Å². The molecule has 0 spiro atoms. The number of benzene rings is 2. The summed E-state index contributed by atoms with van der Waals surface area (Å²) >= 11 is 0. The molecule has 1 saturated carbocycles. The number of hydrogen-bond acceptors (Lipinski definition) is 5. The first-order chi connectivity index (χ1) is 16.9. The fraction of sp³-hybridized carbons (Fsp3) is 0.321. The number of nitrogens with one attached hydrogen (secondary N) is 1. The maximum atomic E-state index is 13.7. The van der Waals surface area contributed by atoms with E-state index in [0.717, 1.165) is 42.6 Å². The molecule has 3 N–H and O–H groups in total. The van der Waals surface area contributed by atoms with Crippen molar-refractivity contribution in [3.8, 4) is 5.75 Å². The summed E-state index contributed by atoms with van der Waals surface area (Å²) in [4.78, 5) is 31.9. The number of hydrogen-bond donors (Lipinski definition) is 2. The van der Waals surface area contributed by atoms with Crippen molar-refractivity contribution in [2.24, 2.45) is 5.73 Å². The third-order valence-electron chi connectivity index (χ3n) is 6.87. The molecule has 1 fully saturated rings. The van der Waals surface area contributed by atoms with E-state index in [1.165, 1.54) is 0 Å². The third-order valence-corrected chi connectivity index (χ3v) is 6.87. The summed E-state index contributed by atoms with van der Waals surface area (Å²) in [6, 6.07) is 18.1. The molecule has 7 heteroatoms. The van der Waals surface area contributed by atoms with E-state index in [1.807, 2.05) is 43.4 Å². The van der Waals surface area contributed by atoms with Crippen LogP contribution in [0.15, 0.2) is 73.1 Å². The van der Waals surface area contributed by atoms with Crippen molar-refractivity contribution < 1.29 is 14.3 Å². The minimum Gasteiger partial charge on any atom is -0.497 e. The van der Waals surface area contributed by atoms with Gasteiger partial charge < -0.3 is 20.7 Å².